The number of amides is 1. The standard InChI is InChI=1S/C17H7F9.C4H8.C3H4F3NO.CH5N/c18-12-6-10(5-11(8-12)16(22,23)15(20)21)2-1-9-3-4-14(19)13(7-9)17(24,25)26;1-4-2-3-4;4-3(5,6)1-7-2-8;1-2/h3-8,15H;4H,2-3H2,1H3;2H,1H2,(H,7,8);2H2,1H3. The lowest BCUT2D eigenvalue weighted by Crippen LogP contribution is -2.27. The van der Waals surface area contributed by atoms with E-state index in [-0.39, 0.29) is 18.0 Å². The monoisotopic (exact) mass is 596 g/mol. The molecule has 0 aliphatic heterocycles. The average Bonchev–Trinajstić information content (AvgIpc) is 3.64. The van der Waals surface area contributed by atoms with Crippen LogP contribution >= 0.6 is 0 Å². The van der Waals surface area contributed by atoms with E-state index in [4.69, 9.17) is 0 Å². The molecular weight excluding hydrogens is 572 g/mol. The number of alkyl halides is 10. The fourth-order valence-electron chi connectivity index (χ4n) is 2.27. The molecule has 0 radical (unpaired) electrons. The van der Waals surface area contributed by atoms with Gasteiger partial charge >= 0.3 is 24.7 Å². The van der Waals surface area contributed by atoms with E-state index in [0.29, 0.717) is 24.3 Å². The summed E-state index contributed by atoms with van der Waals surface area (Å²) in [5, 5.41) is 1.48. The van der Waals surface area contributed by atoms with E-state index in [9.17, 15) is 57.5 Å². The molecule has 1 fully saturated rings. The maximum Gasteiger partial charge on any atom is 0.419 e. The van der Waals surface area contributed by atoms with Crippen LogP contribution < -0.4 is 11.1 Å². The van der Waals surface area contributed by atoms with Gasteiger partial charge in [-0.15, -0.1) is 0 Å². The van der Waals surface area contributed by atoms with Crippen molar-refractivity contribution in [3.05, 3.63) is 70.3 Å². The smallest absolute Gasteiger partial charge is 0.350 e. The fraction of sp³-hybridized carbons (Fsp3) is 0.400. The maximum absolute atomic E-state index is 13.4. The molecule has 3 nitrogen and oxygen atoms in total. The summed E-state index contributed by atoms with van der Waals surface area (Å²) in [6, 6.07) is 3.14. The first-order chi connectivity index (χ1) is 18.4. The predicted molar refractivity (Wildman–Crippen MR) is 122 cm³/mol. The minimum atomic E-state index is -4.98. The van der Waals surface area contributed by atoms with E-state index in [0.717, 1.165) is 12.0 Å². The topological polar surface area (TPSA) is 55.1 Å². The molecule has 0 unspecified atom stereocenters. The summed E-state index contributed by atoms with van der Waals surface area (Å²) in [5.74, 6) is -2.14. The first-order valence-electron chi connectivity index (χ1n) is 11.0. The highest BCUT2D eigenvalue weighted by atomic mass is 19.4. The molecule has 0 spiro atoms. The van der Waals surface area contributed by atoms with Gasteiger partial charge in [-0.3, -0.25) is 4.79 Å². The van der Waals surface area contributed by atoms with Crippen molar-refractivity contribution in [3.8, 4) is 11.8 Å². The first kappa shape index (κ1) is 36.6. The Morgan fingerprint density at radius 3 is 1.85 bits per heavy atom. The number of nitrogens with two attached hydrogens (primary N) is 1. The van der Waals surface area contributed by atoms with Gasteiger partial charge in [0.2, 0.25) is 6.41 Å². The lowest BCUT2D eigenvalue weighted by atomic mass is 10.0. The summed E-state index contributed by atoms with van der Waals surface area (Å²) in [6.07, 6.45) is -10.4. The molecule has 0 aromatic heterocycles. The second kappa shape index (κ2) is 16.0. The Kier molecular flexibility index (Phi) is 14.6. The molecule has 224 valence electrons. The average molecular weight is 596 g/mol. The van der Waals surface area contributed by atoms with Crippen molar-refractivity contribution in [2.45, 2.75) is 44.5 Å². The number of hydrogen-bond acceptors (Lipinski definition) is 2. The van der Waals surface area contributed by atoms with Gasteiger partial charge in [-0.2, -0.15) is 35.1 Å². The summed E-state index contributed by atoms with van der Waals surface area (Å²) < 4.78 is 149. The second-order valence-electron chi connectivity index (χ2n) is 7.89. The van der Waals surface area contributed by atoms with Crippen LogP contribution in [0.3, 0.4) is 0 Å². The van der Waals surface area contributed by atoms with Gasteiger partial charge in [0.1, 0.15) is 18.2 Å². The molecule has 0 atom stereocenters. The third kappa shape index (κ3) is 14.1. The summed E-state index contributed by atoms with van der Waals surface area (Å²) in [4.78, 5) is 9.24. The minimum absolute atomic E-state index is 0.00743. The van der Waals surface area contributed by atoms with E-state index >= 15 is 0 Å². The van der Waals surface area contributed by atoms with Crippen LogP contribution in [0.25, 0.3) is 0 Å². The van der Waals surface area contributed by atoms with E-state index in [1.807, 2.05) is 0 Å². The zero-order valence-electron chi connectivity index (χ0n) is 20.8. The predicted octanol–water partition coefficient (Wildman–Crippen LogP) is 7.03. The van der Waals surface area contributed by atoms with Crippen molar-refractivity contribution >= 4 is 6.41 Å². The van der Waals surface area contributed by atoms with Crippen LogP contribution in [-0.2, 0) is 16.9 Å². The van der Waals surface area contributed by atoms with E-state index in [1.54, 1.807) is 0 Å². The quantitative estimate of drug-likeness (QED) is 0.226. The number of carbonyl (C=O) groups excluding carboxylic acids is 1. The van der Waals surface area contributed by atoms with Crippen molar-refractivity contribution in [2.75, 3.05) is 13.6 Å². The van der Waals surface area contributed by atoms with E-state index in [2.05, 4.69) is 24.5 Å². The van der Waals surface area contributed by atoms with Crippen LogP contribution in [0.4, 0.5) is 52.7 Å². The van der Waals surface area contributed by atoms with Crippen LogP contribution in [-0.4, -0.2) is 32.6 Å². The van der Waals surface area contributed by atoms with Gasteiger partial charge in [0.15, 0.2) is 0 Å². The lowest BCUT2D eigenvalue weighted by molar-refractivity contribution is -0.140. The van der Waals surface area contributed by atoms with E-state index in [1.165, 1.54) is 25.2 Å². The molecule has 3 rings (SSSR count). The van der Waals surface area contributed by atoms with Gasteiger partial charge in [-0.25, -0.2) is 17.6 Å². The highest BCUT2D eigenvalue weighted by molar-refractivity contribution is 5.46. The van der Waals surface area contributed by atoms with Gasteiger partial charge in [0.05, 0.1) is 5.56 Å². The first-order valence-corrected chi connectivity index (χ1v) is 11.0. The van der Waals surface area contributed by atoms with Gasteiger partial charge in [0.25, 0.3) is 0 Å². The molecule has 2 aromatic rings. The van der Waals surface area contributed by atoms with Crippen molar-refractivity contribution in [2.24, 2.45) is 11.7 Å². The third-order valence-electron chi connectivity index (χ3n) is 4.43. The number of benzene rings is 2. The van der Waals surface area contributed by atoms with Crippen molar-refractivity contribution in [1.29, 1.82) is 0 Å². The lowest BCUT2D eigenvalue weighted by Gasteiger charge is -2.15. The molecule has 2 aromatic carbocycles. The van der Waals surface area contributed by atoms with Crippen molar-refractivity contribution in [3.63, 3.8) is 0 Å². The summed E-state index contributed by atoms with van der Waals surface area (Å²) >= 11 is 0. The van der Waals surface area contributed by atoms with Crippen molar-refractivity contribution in [1.82, 2.24) is 5.32 Å². The van der Waals surface area contributed by atoms with Gasteiger partial charge in [0, 0.05) is 16.7 Å². The minimum Gasteiger partial charge on any atom is -0.350 e. The normalized spacial score (nSPS) is 12.8. The molecule has 3 N–H and O–H groups in total. The Morgan fingerprint density at radius 1 is 0.925 bits per heavy atom. The van der Waals surface area contributed by atoms with Crippen LogP contribution in [0, 0.1) is 29.4 Å². The molecule has 1 aliphatic rings. The summed E-state index contributed by atoms with van der Waals surface area (Å²) in [5.41, 5.74) is 0.795. The molecular formula is C25H24F12N2O. The SMILES string of the molecule is CC1CC1.CN.Fc1cc(C#Cc2ccc(F)c(C(F)(F)F)c2)cc(C(F)(F)C(F)F)c1.O=CNCC(F)(F)F. The Hall–Kier alpha value is -3.41. The highest BCUT2D eigenvalue weighted by Crippen LogP contribution is 2.35. The van der Waals surface area contributed by atoms with Crippen molar-refractivity contribution < 1.29 is 57.5 Å². The number of nitrogens with one attached hydrogen (secondary N) is 1. The number of halogens is 12. The molecule has 1 amide bonds. The Balaban J connectivity index is 0.000000891. The zero-order chi connectivity index (χ0) is 31.3. The fourth-order valence-corrected chi connectivity index (χ4v) is 2.27. The number of carbonyl (C=O) groups is 1. The van der Waals surface area contributed by atoms with Crippen LogP contribution in [0.2, 0.25) is 0 Å². The molecule has 0 heterocycles. The van der Waals surface area contributed by atoms with Crippen LogP contribution in [0.5, 0.6) is 0 Å². The van der Waals surface area contributed by atoms with Gasteiger partial charge in [-0.1, -0.05) is 31.6 Å². The highest BCUT2D eigenvalue weighted by Gasteiger charge is 2.43. The summed E-state index contributed by atoms with van der Waals surface area (Å²) in [7, 11) is 1.50. The molecule has 0 saturated heterocycles. The largest absolute Gasteiger partial charge is 0.419 e. The number of hydrogen-bond donors (Lipinski definition) is 2. The maximum atomic E-state index is 13.4. The molecule has 40 heavy (non-hydrogen) atoms. The van der Waals surface area contributed by atoms with Crippen LogP contribution in [0.15, 0.2) is 36.4 Å². The van der Waals surface area contributed by atoms with Gasteiger partial charge in [-0.05, 0) is 49.4 Å². The zero-order valence-corrected chi connectivity index (χ0v) is 20.8. The Labute approximate surface area is 221 Å². The van der Waals surface area contributed by atoms with Crippen LogP contribution in [0.1, 0.15) is 42.0 Å². The third-order valence-corrected chi connectivity index (χ3v) is 4.43. The molecule has 1 saturated carbocycles. The van der Waals surface area contributed by atoms with Gasteiger partial charge < -0.3 is 11.1 Å². The molecule has 15 heteroatoms. The Morgan fingerprint density at radius 2 is 1.45 bits per heavy atom. The van der Waals surface area contributed by atoms with E-state index < -0.39 is 59.6 Å². The Bertz CT molecular complexity index is 1130. The summed E-state index contributed by atoms with van der Waals surface area (Å²) in [6.45, 7) is 1.02. The second-order valence-corrected chi connectivity index (χ2v) is 7.89. The molecule has 1 aliphatic carbocycles. The number of rotatable bonds is 4. The molecule has 0 bridgehead atoms.